The molecule has 0 aliphatic heterocycles. The summed E-state index contributed by atoms with van der Waals surface area (Å²) in [5, 5.41) is 8.77. The molecule has 0 aromatic heterocycles. The number of hydrogen-bond acceptors (Lipinski definition) is 2. The summed E-state index contributed by atoms with van der Waals surface area (Å²) < 4.78 is 0. The number of aliphatic carboxylic acids is 1. The molecule has 0 heterocycles. The van der Waals surface area contributed by atoms with Crippen molar-refractivity contribution in [2.24, 2.45) is 5.92 Å². The first-order valence-electron chi connectivity index (χ1n) is 9.32. The molecule has 0 amide bonds. The second-order valence-corrected chi connectivity index (χ2v) is 6.60. The summed E-state index contributed by atoms with van der Waals surface area (Å²) in [6.45, 7) is 3.97. The number of ketones is 1. The molecule has 0 aliphatic rings. The van der Waals surface area contributed by atoms with E-state index >= 15 is 0 Å². The fourth-order valence-electron chi connectivity index (χ4n) is 2.65. The van der Waals surface area contributed by atoms with Crippen molar-refractivity contribution >= 4 is 11.8 Å². The Hall–Kier alpha value is -0.860. The van der Waals surface area contributed by atoms with Gasteiger partial charge in [0.1, 0.15) is 5.78 Å². The van der Waals surface area contributed by atoms with E-state index in [1.807, 2.05) is 0 Å². The van der Waals surface area contributed by atoms with E-state index in [0.717, 1.165) is 19.3 Å². The Morgan fingerprint density at radius 1 is 0.773 bits per heavy atom. The highest BCUT2D eigenvalue weighted by Crippen LogP contribution is 2.13. The van der Waals surface area contributed by atoms with Gasteiger partial charge in [0.2, 0.25) is 0 Å². The summed E-state index contributed by atoms with van der Waals surface area (Å²) in [5.41, 5.74) is 0. The van der Waals surface area contributed by atoms with Crippen molar-refractivity contribution in [2.75, 3.05) is 0 Å². The molecular formula is C19H36O3. The van der Waals surface area contributed by atoms with Crippen LogP contribution >= 0.6 is 0 Å². The van der Waals surface area contributed by atoms with Crippen molar-refractivity contribution in [2.45, 2.75) is 104 Å². The van der Waals surface area contributed by atoms with Gasteiger partial charge in [-0.15, -0.1) is 0 Å². The molecule has 3 heteroatoms. The molecule has 1 N–H and O–H groups in total. The molecule has 22 heavy (non-hydrogen) atoms. The van der Waals surface area contributed by atoms with Gasteiger partial charge in [0.05, 0.1) is 5.92 Å². The van der Waals surface area contributed by atoms with Gasteiger partial charge in [0.25, 0.3) is 0 Å². The molecule has 0 aliphatic carbocycles. The first-order chi connectivity index (χ1) is 10.6. The molecule has 0 rings (SSSR count). The lowest BCUT2D eigenvalue weighted by atomic mass is 10.0. The van der Waals surface area contributed by atoms with Crippen LogP contribution in [0.4, 0.5) is 0 Å². The molecular weight excluding hydrogens is 276 g/mol. The van der Waals surface area contributed by atoms with Gasteiger partial charge < -0.3 is 5.11 Å². The predicted octanol–water partition coefficient (Wildman–Crippen LogP) is 5.76. The van der Waals surface area contributed by atoms with Crippen LogP contribution in [0.1, 0.15) is 104 Å². The van der Waals surface area contributed by atoms with E-state index in [9.17, 15) is 9.59 Å². The summed E-state index contributed by atoms with van der Waals surface area (Å²) in [4.78, 5) is 22.4. The molecule has 1 atom stereocenters. The van der Waals surface area contributed by atoms with E-state index in [0.29, 0.717) is 25.0 Å². The molecule has 0 bridgehead atoms. The Bertz CT molecular complexity index is 286. The summed E-state index contributed by atoms with van der Waals surface area (Å²) in [5.74, 6) is -0.667. The summed E-state index contributed by atoms with van der Waals surface area (Å²) in [7, 11) is 0. The molecule has 0 fully saturated rings. The van der Waals surface area contributed by atoms with Gasteiger partial charge in [-0.1, -0.05) is 71.6 Å². The number of rotatable bonds is 16. The van der Waals surface area contributed by atoms with Crippen LogP contribution in [-0.2, 0) is 9.59 Å². The van der Waals surface area contributed by atoms with Gasteiger partial charge in [-0.2, -0.15) is 0 Å². The van der Waals surface area contributed by atoms with Crippen LogP contribution in [0, 0.1) is 5.92 Å². The quantitative estimate of drug-likeness (QED) is 0.369. The van der Waals surface area contributed by atoms with Crippen LogP contribution in [0.25, 0.3) is 0 Å². The van der Waals surface area contributed by atoms with Crippen molar-refractivity contribution in [1.82, 2.24) is 0 Å². The van der Waals surface area contributed by atoms with Crippen molar-refractivity contribution in [3.8, 4) is 0 Å². The molecule has 0 saturated carbocycles. The van der Waals surface area contributed by atoms with Crippen LogP contribution < -0.4 is 0 Å². The third-order valence-corrected chi connectivity index (χ3v) is 4.32. The second-order valence-electron chi connectivity index (χ2n) is 6.60. The zero-order valence-corrected chi connectivity index (χ0v) is 14.7. The van der Waals surface area contributed by atoms with Crippen LogP contribution in [-0.4, -0.2) is 16.9 Å². The molecule has 0 radical (unpaired) electrons. The Morgan fingerprint density at radius 3 is 1.73 bits per heavy atom. The monoisotopic (exact) mass is 312 g/mol. The first-order valence-corrected chi connectivity index (χ1v) is 9.32. The number of carboxylic acid groups (broad SMARTS) is 1. The minimum absolute atomic E-state index is 0.285. The SMILES string of the molecule is CCCCCCCCCCCC(=O)CCCCC(C)C(=O)O. The van der Waals surface area contributed by atoms with Crippen molar-refractivity contribution in [3.63, 3.8) is 0 Å². The van der Waals surface area contributed by atoms with Crippen molar-refractivity contribution in [1.29, 1.82) is 0 Å². The number of Topliss-reactive ketones (excluding diaryl/α,β-unsaturated/α-hetero) is 1. The molecule has 130 valence electrons. The predicted molar refractivity (Wildman–Crippen MR) is 92.1 cm³/mol. The fraction of sp³-hybridized carbons (Fsp3) is 0.895. The number of carboxylic acids is 1. The molecule has 0 spiro atoms. The molecule has 0 aromatic carbocycles. The van der Waals surface area contributed by atoms with Crippen molar-refractivity contribution < 1.29 is 14.7 Å². The maximum absolute atomic E-state index is 11.7. The second kappa shape index (κ2) is 15.1. The summed E-state index contributed by atoms with van der Waals surface area (Å²) in [6.07, 6.45) is 15.2. The van der Waals surface area contributed by atoms with Gasteiger partial charge in [-0.05, 0) is 19.3 Å². The van der Waals surface area contributed by atoms with E-state index in [1.165, 1.54) is 51.4 Å². The van der Waals surface area contributed by atoms with Gasteiger partial charge in [0, 0.05) is 12.8 Å². The Balaban J connectivity index is 3.27. The fourth-order valence-corrected chi connectivity index (χ4v) is 2.65. The topological polar surface area (TPSA) is 54.4 Å². The van der Waals surface area contributed by atoms with Crippen LogP contribution in [0.5, 0.6) is 0 Å². The lowest BCUT2D eigenvalue weighted by molar-refractivity contribution is -0.141. The summed E-state index contributed by atoms with van der Waals surface area (Å²) in [6, 6.07) is 0. The minimum atomic E-state index is -0.735. The maximum Gasteiger partial charge on any atom is 0.306 e. The van der Waals surface area contributed by atoms with Crippen molar-refractivity contribution in [3.05, 3.63) is 0 Å². The standard InChI is InChI=1S/C19H36O3/c1-3-4-5-6-7-8-9-10-11-15-18(20)16-13-12-14-17(2)19(21)22/h17H,3-16H2,1-2H3,(H,21,22). The number of carbonyl (C=O) groups excluding carboxylic acids is 1. The van der Waals surface area contributed by atoms with E-state index < -0.39 is 5.97 Å². The highest BCUT2D eigenvalue weighted by atomic mass is 16.4. The third kappa shape index (κ3) is 14.1. The highest BCUT2D eigenvalue weighted by molar-refractivity contribution is 5.78. The largest absolute Gasteiger partial charge is 0.481 e. The number of unbranched alkanes of at least 4 members (excludes halogenated alkanes) is 9. The molecule has 1 unspecified atom stereocenters. The lowest BCUT2D eigenvalue weighted by Gasteiger charge is -2.05. The smallest absolute Gasteiger partial charge is 0.306 e. The Labute approximate surface area is 136 Å². The average molecular weight is 312 g/mol. The van der Waals surface area contributed by atoms with E-state index in [-0.39, 0.29) is 5.92 Å². The molecule has 3 nitrogen and oxygen atoms in total. The van der Waals surface area contributed by atoms with Crippen LogP contribution in [0.2, 0.25) is 0 Å². The average Bonchev–Trinajstić information content (AvgIpc) is 2.49. The van der Waals surface area contributed by atoms with E-state index in [1.54, 1.807) is 6.92 Å². The van der Waals surface area contributed by atoms with Crippen LogP contribution in [0.3, 0.4) is 0 Å². The molecule has 0 aromatic rings. The normalized spacial score (nSPS) is 12.3. The third-order valence-electron chi connectivity index (χ3n) is 4.32. The highest BCUT2D eigenvalue weighted by Gasteiger charge is 2.10. The minimum Gasteiger partial charge on any atom is -0.481 e. The number of carbonyl (C=O) groups is 2. The van der Waals surface area contributed by atoms with E-state index in [4.69, 9.17) is 5.11 Å². The van der Waals surface area contributed by atoms with E-state index in [2.05, 4.69) is 6.92 Å². The van der Waals surface area contributed by atoms with Gasteiger partial charge in [-0.25, -0.2) is 0 Å². The zero-order chi connectivity index (χ0) is 16.6. The summed E-state index contributed by atoms with van der Waals surface area (Å²) >= 11 is 0. The lowest BCUT2D eigenvalue weighted by Crippen LogP contribution is -2.09. The maximum atomic E-state index is 11.7. The van der Waals surface area contributed by atoms with Gasteiger partial charge >= 0.3 is 5.97 Å². The Morgan fingerprint density at radius 2 is 1.23 bits per heavy atom. The first kappa shape index (κ1) is 21.1. The van der Waals surface area contributed by atoms with Gasteiger partial charge in [0.15, 0.2) is 0 Å². The molecule has 0 saturated heterocycles. The zero-order valence-electron chi connectivity index (χ0n) is 14.7. The van der Waals surface area contributed by atoms with Crippen LogP contribution in [0.15, 0.2) is 0 Å². The Kier molecular flexibility index (Phi) is 14.5. The van der Waals surface area contributed by atoms with Gasteiger partial charge in [-0.3, -0.25) is 9.59 Å². The number of hydrogen-bond donors (Lipinski definition) is 1.